The van der Waals surface area contributed by atoms with Crippen LogP contribution in [0.4, 0.5) is 5.69 Å². The Kier molecular flexibility index (Phi) is 7.55. The van der Waals surface area contributed by atoms with Gasteiger partial charge in [0.1, 0.15) is 6.54 Å². The Morgan fingerprint density at radius 2 is 1.56 bits per heavy atom. The number of amides is 1. The van der Waals surface area contributed by atoms with Gasteiger partial charge in [-0.1, -0.05) is 30.3 Å². The normalized spacial score (nSPS) is 15.3. The number of hydrogen-bond donors (Lipinski definition) is 0. The highest BCUT2D eigenvalue weighted by atomic mass is 32.2. The number of sulfonamides is 2. The van der Waals surface area contributed by atoms with E-state index in [0.29, 0.717) is 19.8 Å². The van der Waals surface area contributed by atoms with Gasteiger partial charge in [-0.25, -0.2) is 16.8 Å². The molecule has 0 atom stereocenters. The molecule has 9 nitrogen and oxygen atoms in total. The number of nitrogens with zero attached hydrogens (tertiary/aromatic N) is 3. The second kappa shape index (κ2) is 9.99. The Bertz CT molecular complexity index is 1130. The number of carbonyl (C=O) groups is 1. The first-order valence-electron chi connectivity index (χ1n) is 10.0. The van der Waals surface area contributed by atoms with Crippen molar-refractivity contribution in [2.45, 2.75) is 11.4 Å². The molecule has 1 saturated heterocycles. The standard InChI is InChI=1S/C21H27N3O6S2/c1-22(16-18-6-4-3-5-7-18)21(25)17-24(31(2,26)27)19-8-10-20(11-9-19)32(28,29)23-12-14-30-15-13-23/h3-11H,12-17H2,1-2H3. The lowest BCUT2D eigenvalue weighted by atomic mass is 10.2. The minimum atomic E-state index is -3.78. The fourth-order valence-corrected chi connectivity index (χ4v) is 5.57. The van der Waals surface area contributed by atoms with Crippen LogP contribution in [0.2, 0.25) is 0 Å². The zero-order valence-corrected chi connectivity index (χ0v) is 19.7. The summed E-state index contributed by atoms with van der Waals surface area (Å²) < 4.78 is 57.9. The van der Waals surface area contributed by atoms with Crippen LogP contribution in [0, 0.1) is 0 Å². The summed E-state index contributed by atoms with van der Waals surface area (Å²) in [5.74, 6) is -0.385. The molecule has 32 heavy (non-hydrogen) atoms. The molecule has 0 aromatic heterocycles. The Labute approximate surface area is 189 Å². The molecule has 1 fully saturated rings. The number of morpholine rings is 1. The number of carbonyl (C=O) groups excluding carboxylic acids is 1. The van der Waals surface area contributed by atoms with Crippen LogP contribution in [0.3, 0.4) is 0 Å². The summed E-state index contributed by atoms with van der Waals surface area (Å²) in [6.07, 6.45) is 1.01. The largest absolute Gasteiger partial charge is 0.379 e. The van der Waals surface area contributed by atoms with E-state index in [2.05, 4.69) is 0 Å². The van der Waals surface area contributed by atoms with Gasteiger partial charge in [-0.15, -0.1) is 0 Å². The van der Waals surface area contributed by atoms with E-state index in [4.69, 9.17) is 4.74 Å². The summed E-state index contributed by atoms with van der Waals surface area (Å²) in [7, 11) is -5.87. The van der Waals surface area contributed by atoms with E-state index in [1.54, 1.807) is 7.05 Å². The van der Waals surface area contributed by atoms with Crippen molar-refractivity contribution in [2.75, 3.05) is 50.5 Å². The maximum Gasteiger partial charge on any atom is 0.243 e. The Balaban J connectivity index is 1.77. The molecule has 0 aliphatic carbocycles. The summed E-state index contributed by atoms with van der Waals surface area (Å²) in [6.45, 7) is 1.14. The maximum atomic E-state index is 12.8. The predicted molar refractivity (Wildman–Crippen MR) is 121 cm³/mol. The zero-order chi connectivity index (χ0) is 23.4. The first-order chi connectivity index (χ1) is 15.1. The van der Waals surface area contributed by atoms with Crippen LogP contribution in [-0.2, 0) is 36.1 Å². The van der Waals surface area contributed by atoms with Gasteiger partial charge in [0, 0.05) is 26.7 Å². The Hall–Kier alpha value is -2.47. The third-order valence-electron chi connectivity index (χ3n) is 5.10. The quantitative estimate of drug-likeness (QED) is 0.560. The number of hydrogen-bond acceptors (Lipinski definition) is 6. The van der Waals surface area contributed by atoms with Crippen molar-refractivity contribution in [3.63, 3.8) is 0 Å². The summed E-state index contributed by atoms with van der Waals surface area (Å²) in [5, 5.41) is 0. The van der Waals surface area contributed by atoms with Crippen LogP contribution in [0.1, 0.15) is 5.56 Å². The summed E-state index contributed by atoms with van der Waals surface area (Å²) in [4.78, 5) is 14.2. The van der Waals surface area contributed by atoms with Crippen molar-refractivity contribution in [1.82, 2.24) is 9.21 Å². The third kappa shape index (κ3) is 5.85. The first-order valence-corrected chi connectivity index (χ1v) is 13.3. The lowest BCUT2D eigenvalue weighted by Crippen LogP contribution is -2.41. The van der Waals surface area contributed by atoms with Gasteiger partial charge in [-0.3, -0.25) is 9.10 Å². The Morgan fingerprint density at radius 1 is 0.969 bits per heavy atom. The highest BCUT2D eigenvalue weighted by molar-refractivity contribution is 7.92. The molecule has 1 amide bonds. The summed E-state index contributed by atoms with van der Waals surface area (Å²) in [6, 6.07) is 14.9. The van der Waals surface area contributed by atoms with Crippen molar-refractivity contribution >= 4 is 31.6 Å². The second-order valence-corrected chi connectivity index (χ2v) is 11.4. The lowest BCUT2D eigenvalue weighted by molar-refractivity contribution is -0.128. The van der Waals surface area contributed by atoms with Crippen molar-refractivity contribution in [3.05, 3.63) is 60.2 Å². The molecule has 3 rings (SSSR count). The molecule has 1 aliphatic rings. The lowest BCUT2D eigenvalue weighted by Gasteiger charge is -2.27. The van der Waals surface area contributed by atoms with Gasteiger partial charge in [0.25, 0.3) is 0 Å². The molecule has 0 bridgehead atoms. The third-order valence-corrected chi connectivity index (χ3v) is 8.15. The molecule has 0 N–H and O–H groups in total. The molecule has 0 unspecified atom stereocenters. The van der Waals surface area contributed by atoms with E-state index in [1.807, 2.05) is 30.3 Å². The number of benzene rings is 2. The fraction of sp³-hybridized carbons (Fsp3) is 0.381. The SMILES string of the molecule is CN(Cc1ccccc1)C(=O)CN(c1ccc(S(=O)(=O)N2CCOCC2)cc1)S(C)(=O)=O. The molecule has 0 spiro atoms. The average Bonchev–Trinajstić information content (AvgIpc) is 2.78. The van der Waals surface area contributed by atoms with Crippen molar-refractivity contribution in [3.8, 4) is 0 Å². The number of likely N-dealkylation sites (N-methyl/N-ethyl adjacent to an activating group) is 1. The first kappa shape index (κ1) is 24.2. The van der Waals surface area contributed by atoms with E-state index in [-0.39, 0.29) is 29.6 Å². The molecule has 0 radical (unpaired) electrons. The highest BCUT2D eigenvalue weighted by Gasteiger charge is 2.27. The van der Waals surface area contributed by atoms with Crippen molar-refractivity contribution < 1.29 is 26.4 Å². The van der Waals surface area contributed by atoms with Gasteiger partial charge in [0.2, 0.25) is 26.0 Å². The van der Waals surface area contributed by atoms with Gasteiger partial charge in [0.15, 0.2) is 0 Å². The van der Waals surface area contributed by atoms with Gasteiger partial charge in [0.05, 0.1) is 30.1 Å². The molecule has 2 aromatic rings. The van der Waals surface area contributed by atoms with Crippen LogP contribution >= 0.6 is 0 Å². The van der Waals surface area contributed by atoms with E-state index >= 15 is 0 Å². The molecule has 11 heteroatoms. The molecular formula is C21H27N3O6S2. The number of anilines is 1. The predicted octanol–water partition coefficient (Wildman–Crippen LogP) is 1.13. The highest BCUT2D eigenvalue weighted by Crippen LogP contribution is 2.23. The minimum Gasteiger partial charge on any atom is -0.379 e. The fourth-order valence-electron chi connectivity index (χ4n) is 3.31. The maximum absolute atomic E-state index is 12.8. The molecular weight excluding hydrogens is 454 g/mol. The van der Waals surface area contributed by atoms with E-state index in [9.17, 15) is 21.6 Å². The topological polar surface area (TPSA) is 104 Å². The molecule has 1 heterocycles. The smallest absolute Gasteiger partial charge is 0.243 e. The van der Waals surface area contributed by atoms with Crippen LogP contribution < -0.4 is 4.31 Å². The average molecular weight is 482 g/mol. The number of rotatable bonds is 8. The van der Waals surface area contributed by atoms with Crippen molar-refractivity contribution in [2.24, 2.45) is 0 Å². The zero-order valence-electron chi connectivity index (χ0n) is 18.0. The van der Waals surface area contributed by atoms with Crippen LogP contribution in [0.15, 0.2) is 59.5 Å². The number of ether oxygens (including phenoxy) is 1. The van der Waals surface area contributed by atoms with E-state index in [0.717, 1.165) is 16.1 Å². The molecule has 1 aliphatic heterocycles. The van der Waals surface area contributed by atoms with Gasteiger partial charge < -0.3 is 9.64 Å². The van der Waals surface area contributed by atoms with Crippen LogP contribution in [-0.4, -0.2) is 78.1 Å². The molecule has 2 aromatic carbocycles. The summed E-state index contributed by atoms with van der Waals surface area (Å²) in [5.41, 5.74) is 1.14. The summed E-state index contributed by atoms with van der Waals surface area (Å²) >= 11 is 0. The van der Waals surface area contributed by atoms with E-state index in [1.165, 1.54) is 33.5 Å². The minimum absolute atomic E-state index is 0.0594. The van der Waals surface area contributed by atoms with Gasteiger partial charge >= 0.3 is 0 Å². The van der Waals surface area contributed by atoms with Crippen LogP contribution in [0.5, 0.6) is 0 Å². The molecule has 174 valence electrons. The van der Waals surface area contributed by atoms with Crippen molar-refractivity contribution in [1.29, 1.82) is 0 Å². The Morgan fingerprint density at radius 3 is 2.12 bits per heavy atom. The second-order valence-electron chi connectivity index (χ2n) is 7.52. The van der Waals surface area contributed by atoms with E-state index < -0.39 is 26.6 Å². The molecule has 0 saturated carbocycles. The van der Waals surface area contributed by atoms with Gasteiger partial charge in [-0.05, 0) is 29.8 Å². The van der Waals surface area contributed by atoms with Crippen LogP contribution in [0.25, 0.3) is 0 Å². The monoisotopic (exact) mass is 481 g/mol. The van der Waals surface area contributed by atoms with Gasteiger partial charge in [-0.2, -0.15) is 4.31 Å².